The zero-order chi connectivity index (χ0) is 12.3. The number of ether oxygens (including phenoxy) is 1. The van der Waals surface area contributed by atoms with E-state index in [1.165, 1.54) is 0 Å². The number of hydrogen-bond donors (Lipinski definition) is 1. The van der Waals surface area contributed by atoms with E-state index in [4.69, 9.17) is 10.5 Å². The summed E-state index contributed by atoms with van der Waals surface area (Å²) in [6, 6.07) is 2.85. The second-order valence-corrected chi connectivity index (χ2v) is 3.29. The van der Waals surface area contributed by atoms with E-state index in [-0.39, 0.29) is 5.75 Å². The summed E-state index contributed by atoms with van der Waals surface area (Å²) in [5, 5.41) is 0. The van der Waals surface area contributed by atoms with Gasteiger partial charge in [0, 0.05) is 13.0 Å². The van der Waals surface area contributed by atoms with E-state index in [9.17, 15) is 18.0 Å². The lowest BCUT2D eigenvalue weighted by Crippen LogP contribution is -2.20. The Kier molecular flexibility index (Phi) is 3.41. The summed E-state index contributed by atoms with van der Waals surface area (Å²) in [7, 11) is 0. The number of alkyl halides is 2. The van der Waals surface area contributed by atoms with Crippen LogP contribution in [0.2, 0.25) is 0 Å². The van der Waals surface area contributed by atoms with Crippen LogP contribution in [0.5, 0.6) is 5.75 Å². The van der Waals surface area contributed by atoms with Gasteiger partial charge in [-0.15, -0.1) is 0 Å². The van der Waals surface area contributed by atoms with Crippen molar-refractivity contribution >= 4 is 5.91 Å². The fraction of sp³-hybridized carbons (Fsp3) is 0.300. The van der Waals surface area contributed by atoms with Gasteiger partial charge in [-0.05, 0) is 12.1 Å². The van der Waals surface area contributed by atoms with Gasteiger partial charge in [-0.2, -0.15) is 0 Å². The van der Waals surface area contributed by atoms with E-state index in [1.807, 2.05) is 0 Å². The number of benzene rings is 1. The van der Waals surface area contributed by atoms with Crippen LogP contribution in [0.1, 0.15) is 12.5 Å². The highest BCUT2D eigenvalue weighted by Crippen LogP contribution is 2.30. The standard InChI is InChI=1S/C10H10F3NO2/c1-10(12,13)7-3-2-6(4-8(7)11)16-5-9(14)15/h2-4H,5H2,1H3,(H2,14,15). The van der Waals surface area contributed by atoms with Crippen molar-refractivity contribution in [2.24, 2.45) is 5.73 Å². The van der Waals surface area contributed by atoms with E-state index >= 15 is 0 Å². The minimum absolute atomic E-state index is 0.0238. The molecule has 16 heavy (non-hydrogen) atoms. The number of nitrogens with two attached hydrogens (primary N) is 1. The molecule has 0 spiro atoms. The molecule has 0 fully saturated rings. The van der Waals surface area contributed by atoms with Gasteiger partial charge in [0.25, 0.3) is 11.8 Å². The summed E-state index contributed by atoms with van der Waals surface area (Å²) in [6.07, 6.45) is 0. The highest BCUT2D eigenvalue weighted by molar-refractivity contribution is 5.75. The number of halogens is 3. The minimum atomic E-state index is -3.26. The van der Waals surface area contributed by atoms with Crippen molar-refractivity contribution in [2.75, 3.05) is 6.61 Å². The van der Waals surface area contributed by atoms with Crippen molar-refractivity contribution in [3.8, 4) is 5.75 Å². The van der Waals surface area contributed by atoms with E-state index in [0.29, 0.717) is 6.92 Å². The van der Waals surface area contributed by atoms with Gasteiger partial charge in [-0.25, -0.2) is 13.2 Å². The third-order valence-corrected chi connectivity index (χ3v) is 1.79. The number of rotatable bonds is 4. The molecular weight excluding hydrogens is 223 g/mol. The molecule has 0 aliphatic heterocycles. The minimum Gasteiger partial charge on any atom is -0.484 e. The molecule has 3 nitrogen and oxygen atoms in total. The third-order valence-electron chi connectivity index (χ3n) is 1.79. The van der Waals surface area contributed by atoms with Gasteiger partial charge < -0.3 is 10.5 Å². The topological polar surface area (TPSA) is 52.3 Å². The van der Waals surface area contributed by atoms with Gasteiger partial charge in [0.2, 0.25) is 0 Å². The summed E-state index contributed by atoms with van der Waals surface area (Å²) < 4.78 is 43.6. The number of amides is 1. The van der Waals surface area contributed by atoms with Crippen molar-refractivity contribution in [3.63, 3.8) is 0 Å². The summed E-state index contributed by atoms with van der Waals surface area (Å²) in [5.41, 5.74) is 4.08. The summed E-state index contributed by atoms with van der Waals surface area (Å²) >= 11 is 0. The quantitative estimate of drug-likeness (QED) is 0.862. The molecule has 0 saturated heterocycles. The summed E-state index contributed by atoms with van der Waals surface area (Å²) in [5.74, 6) is -5.10. The van der Waals surface area contributed by atoms with Crippen molar-refractivity contribution in [3.05, 3.63) is 29.6 Å². The zero-order valence-electron chi connectivity index (χ0n) is 8.47. The van der Waals surface area contributed by atoms with Crippen molar-refractivity contribution in [1.82, 2.24) is 0 Å². The van der Waals surface area contributed by atoms with Crippen molar-refractivity contribution < 1.29 is 22.7 Å². The first-order chi connectivity index (χ1) is 7.30. The Bertz CT molecular complexity index is 402. The maximum atomic E-state index is 13.2. The highest BCUT2D eigenvalue weighted by atomic mass is 19.3. The van der Waals surface area contributed by atoms with Crippen molar-refractivity contribution in [1.29, 1.82) is 0 Å². The number of primary amides is 1. The van der Waals surface area contributed by atoms with Crippen LogP contribution in [0.4, 0.5) is 13.2 Å². The number of hydrogen-bond acceptors (Lipinski definition) is 2. The zero-order valence-corrected chi connectivity index (χ0v) is 8.47. The second-order valence-electron chi connectivity index (χ2n) is 3.29. The SMILES string of the molecule is CC(F)(F)c1ccc(OCC(N)=O)cc1F. The lowest BCUT2D eigenvalue weighted by Gasteiger charge is -2.12. The second kappa shape index (κ2) is 4.42. The Morgan fingerprint density at radius 1 is 1.50 bits per heavy atom. The molecule has 0 aromatic heterocycles. The first-order valence-electron chi connectivity index (χ1n) is 4.39. The molecule has 0 heterocycles. The maximum absolute atomic E-state index is 13.2. The predicted molar refractivity (Wildman–Crippen MR) is 50.7 cm³/mol. The average Bonchev–Trinajstić information content (AvgIpc) is 2.12. The van der Waals surface area contributed by atoms with Crippen LogP contribution in [0.15, 0.2) is 18.2 Å². The molecular formula is C10H10F3NO2. The Hall–Kier alpha value is -1.72. The van der Waals surface area contributed by atoms with Crippen LogP contribution in [0.3, 0.4) is 0 Å². The van der Waals surface area contributed by atoms with Crippen LogP contribution in [-0.4, -0.2) is 12.5 Å². The molecule has 2 N–H and O–H groups in total. The molecule has 0 atom stereocenters. The van der Waals surface area contributed by atoms with Crippen LogP contribution in [-0.2, 0) is 10.7 Å². The molecule has 1 amide bonds. The normalized spacial score (nSPS) is 11.2. The Morgan fingerprint density at radius 2 is 2.12 bits per heavy atom. The van der Waals surface area contributed by atoms with Gasteiger partial charge in [0.05, 0.1) is 5.56 Å². The lowest BCUT2D eigenvalue weighted by molar-refractivity contribution is -0.119. The average molecular weight is 233 g/mol. The predicted octanol–water partition coefficient (Wildman–Crippen LogP) is 1.80. The molecule has 1 aromatic carbocycles. The number of carbonyl (C=O) groups is 1. The molecule has 0 radical (unpaired) electrons. The first-order valence-corrected chi connectivity index (χ1v) is 4.39. The Labute approximate surface area is 90.0 Å². The lowest BCUT2D eigenvalue weighted by atomic mass is 10.1. The largest absolute Gasteiger partial charge is 0.484 e. The maximum Gasteiger partial charge on any atom is 0.273 e. The van der Waals surface area contributed by atoms with Gasteiger partial charge in [0.1, 0.15) is 11.6 Å². The summed E-state index contributed by atoms with van der Waals surface area (Å²) in [6.45, 7) is 0.163. The molecule has 0 aliphatic rings. The molecule has 0 saturated carbocycles. The first kappa shape index (κ1) is 12.4. The fourth-order valence-electron chi connectivity index (χ4n) is 1.10. The molecule has 0 aliphatic carbocycles. The molecule has 6 heteroatoms. The summed E-state index contributed by atoms with van der Waals surface area (Å²) in [4.78, 5) is 10.4. The highest BCUT2D eigenvalue weighted by Gasteiger charge is 2.28. The molecule has 88 valence electrons. The van der Waals surface area contributed by atoms with Crippen LogP contribution in [0.25, 0.3) is 0 Å². The smallest absolute Gasteiger partial charge is 0.273 e. The van der Waals surface area contributed by atoms with Gasteiger partial charge in [-0.3, -0.25) is 4.79 Å². The van der Waals surface area contributed by atoms with Gasteiger partial charge in [0.15, 0.2) is 6.61 Å². The Balaban J connectivity index is 2.87. The monoisotopic (exact) mass is 233 g/mol. The van der Waals surface area contributed by atoms with Gasteiger partial charge in [-0.1, -0.05) is 0 Å². The molecule has 0 unspecified atom stereocenters. The fourth-order valence-corrected chi connectivity index (χ4v) is 1.10. The van der Waals surface area contributed by atoms with E-state index < -0.39 is 29.8 Å². The molecule has 1 rings (SSSR count). The van der Waals surface area contributed by atoms with E-state index in [2.05, 4.69) is 0 Å². The van der Waals surface area contributed by atoms with E-state index in [1.54, 1.807) is 0 Å². The van der Waals surface area contributed by atoms with Crippen LogP contribution >= 0.6 is 0 Å². The third kappa shape index (κ3) is 3.15. The number of carbonyl (C=O) groups excluding carboxylic acids is 1. The van der Waals surface area contributed by atoms with Crippen LogP contribution < -0.4 is 10.5 Å². The van der Waals surface area contributed by atoms with Crippen molar-refractivity contribution in [2.45, 2.75) is 12.8 Å². The molecule has 1 aromatic rings. The van der Waals surface area contributed by atoms with Crippen LogP contribution in [0, 0.1) is 5.82 Å². The Morgan fingerprint density at radius 3 is 2.56 bits per heavy atom. The molecule has 0 bridgehead atoms. The van der Waals surface area contributed by atoms with Gasteiger partial charge >= 0.3 is 0 Å². The van der Waals surface area contributed by atoms with E-state index in [0.717, 1.165) is 18.2 Å².